The largest absolute Gasteiger partial charge is 0.389 e. The fourth-order valence-corrected chi connectivity index (χ4v) is 2.44. The van der Waals surface area contributed by atoms with Crippen LogP contribution < -0.4 is 5.32 Å². The highest BCUT2D eigenvalue weighted by Crippen LogP contribution is 2.28. The van der Waals surface area contributed by atoms with Gasteiger partial charge in [-0.15, -0.1) is 0 Å². The van der Waals surface area contributed by atoms with Crippen molar-refractivity contribution in [3.63, 3.8) is 0 Å². The second-order valence-corrected chi connectivity index (χ2v) is 6.11. The third kappa shape index (κ3) is 9.38. The van der Waals surface area contributed by atoms with Crippen molar-refractivity contribution < 1.29 is 0 Å². The first kappa shape index (κ1) is 20.4. The highest BCUT2D eigenvalue weighted by Gasteiger charge is 2.14. The summed E-state index contributed by atoms with van der Waals surface area (Å²) in [7, 11) is 1.78. The molecule has 0 aromatic carbocycles. The Labute approximate surface area is 137 Å². The molecule has 124 valence electrons. The topological polar surface area (TPSA) is 24.4 Å². The molecule has 0 radical (unpaired) electrons. The summed E-state index contributed by atoms with van der Waals surface area (Å²) in [6, 6.07) is 0. The van der Waals surface area contributed by atoms with Gasteiger partial charge in [0.05, 0.1) is 0 Å². The van der Waals surface area contributed by atoms with Gasteiger partial charge in [0.15, 0.2) is 0 Å². The summed E-state index contributed by atoms with van der Waals surface area (Å²) >= 11 is 0. The zero-order valence-electron chi connectivity index (χ0n) is 15.2. The van der Waals surface area contributed by atoms with Crippen LogP contribution in [0.25, 0.3) is 0 Å². The van der Waals surface area contributed by atoms with E-state index in [0.29, 0.717) is 11.8 Å². The number of hydrogen-bond acceptors (Lipinski definition) is 2. The van der Waals surface area contributed by atoms with Crippen LogP contribution in [0.3, 0.4) is 0 Å². The molecule has 0 aliphatic rings. The third-order valence-corrected chi connectivity index (χ3v) is 3.50. The summed E-state index contributed by atoms with van der Waals surface area (Å²) in [6.07, 6.45) is 11.6. The van der Waals surface area contributed by atoms with Crippen molar-refractivity contribution in [2.75, 3.05) is 13.6 Å². The zero-order valence-corrected chi connectivity index (χ0v) is 15.2. The lowest BCUT2D eigenvalue weighted by atomic mass is 9.85. The first-order chi connectivity index (χ1) is 10.4. The molecule has 0 saturated heterocycles. The molecular weight excluding hydrogens is 268 g/mol. The molecule has 0 heterocycles. The Morgan fingerprint density at radius 1 is 1.27 bits per heavy atom. The number of allylic oxidation sites excluding steroid dienone is 6. The van der Waals surface area contributed by atoms with Crippen molar-refractivity contribution in [3.05, 3.63) is 48.2 Å². The standard InChI is InChI=1S/C20H34N2/c1-8-19(12-10-14-22-17(4)5)20(15-16(2)3)18(6)11-9-13-21-7/h9,11,13,15-16,19,22H,4,6,8,10,12,14H2,1-3,5,7H3/b11-9-,20-15+,21-13?. The minimum atomic E-state index is 0.530. The summed E-state index contributed by atoms with van der Waals surface area (Å²) in [5.74, 6) is 1.09. The highest BCUT2D eigenvalue weighted by atomic mass is 14.9. The fourth-order valence-electron chi connectivity index (χ4n) is 2.44. The van der Waals surface area contributed by atoms with Gasteiger partial charge < -0.3 is 5.32 Å². The highest BCUT2D eigenvalue weighted by molar-refractivity contribution is 5.72. The van der Waals surface area contributed by atoms with Gasteiger partial charge in [-0.25, -0.2) is 0 Å². The molecule has 22 heavy (non-hydrogen) atoms. The molecule has 0 amide bonds. The molecule has 0 aromatic heterocycles. The van der Waals surface area contributed by atoms with Crippen LogP contribution in [0.15, 0.2) is 53.2 Å². The van der Waals surface area contributed by atoms with E-state index in [9.17, 15) is 0 Å². The average Bonchev–Trinajstić information content (AvgIpc) is 2.45. The maximum absolute atomic E-state index is 4.26. The van der Waals surface area contributed by atoms with Crippen molar-refractivity contribution in [2.45, 2.75) is 47.0 Å². The smallest absolute Gasteiger partial charge is 0.0277 e. The van der Waals surface area contributed by atoms with Crippen molar-refractivity contribution in [1.29, 1.82) is 0 Å². The van der Waals surface area contributed by atoms with E-state index in [4.69, 9.17) is 0 Å². The van der Waals surface area contributed by atoms with E-state index in [-0.39, 0.29) is 0 Å². The minimum Gasteiger partial charge on any atom is -0.389 e. The summed E-state index contributed by atoms with van der Waals surface area (Å²) < 4.78 is 0. The van der Waals surface area contributed by atoms with E-state index < -0.39 is 0 Å². The lowest BCUT2D eigenvalue weighted by Gasteiger charge is -2.21. The molecule has 2 heteroatoms. The minimum absolute atomic E-state index is 0.530. The molecule has 1 N–H and O–H groups in total. The van der Waals surface area contributed by atoms with Crippen LogP contribution in [-0.4, -0.2) is 19.8 Å². The maximum atomic E-state index is 4.26. The van der Waals surface area contributed by atoms with Crippen LogP contribution in [0.2, 0.25) is 0 Å². The lowest BCUT2D eigenvalue weighted by Crippen LogP contribution is -2.14. The Balaban J connectivity index is 4.89. The Bertz CT molecular complexity index is 425. The Hall–Kier alpha value is -1.57. The molecule has 0 aliphatic heterocycles. The van der Waals surface area contributed by atoms with Crippen molar-refractivity contribution >= 4 is 6.21 Å². The van der Waals surface area contributed by atoms with E-state index in [1.807, 2.05) is 13.0 Å². The maximum Gasteiger partial charge on any atom is 0.0277 e. The predicted molar refractivity (Wildman–Crippen MR) is 101 cm³/mol. The quantitative estimate of drug-likeness (QED) is 0.312. The average molecular weight is 303 g/mol. The number of nitrogens with zero attached hydrogens (tertiary/aromatic N) is 1. The van der Waals surface area contributed by atoms with Crippen LogP contribution in [0.4, 0.5) is 0 Å². The summed E-state index contributed by atoms with van der Waals surface area (Å²) in [4.78, 5) is 3.98. The van der Waals surface area contributed by atoms with E-state index >= 15 is 0 Å². The van der Waals surface area contributed by atoms with Crippen LogP contribution in [0.5, 0.6) is 0 Å². The first-order valence-electron chi connectivity index (χ1n) is 8.31. The molecule has 0 aliphatic carbocycles. The third-order valence-electron chi connectivity index (χ3n) is 3.50. The Morgan fingerprint density at radius 2 is 1.95 bits per heavy atom. The molecule has 0 fully saturated rings. The normalized spacial score (nSPS) is 14.0. The number of rotatable bonds is 11. The molecule has 0 saturated carbocycles. The van der Waals surface area contributed by atoms with Crippen molar-refractivity contribution in [1.82, 2.24) is 5.32 Å². The van der Waals surface area contributed by atoms with Gasteiger partial charge in [0, 0.05) is 25.5 Å². The van der Waals surface area contributed by atoms with Gasteiger partial charge in [0.1, 0.15) is 0 Å². The van der Waals surface area contributed by atoms with Gasteiger partial charge in [-0.1, -0.05) is 46.1 Å². The molecule has 0 bridgehead atoms. The van der Waals surface area contributed by atoms with Crippen LogP contribution in [0.1, 0.15) is 47.0 Å². The van der Waals surface area contributed by atoms with Gasteiger partial charge in [0.25, 0.3) is 0 Å². The molecular formula is C20H34N2. The van der Waals surface area contributed by atoms with E-state index in [2.05, 4.69) is 56.4 Å². The molecule has 2 nitrogen and oxygen atoms in total. The van der Waals surface area contributed by atoms with E-state index in [0.717, 1.165) is 30.7 Å². The van der Waals surface area contributed by atoms with Crippen LogP contribution >= 0.6 is 0 Å². The molecule has 0 spiro atoms. The van der Waals surface area contributed by atoms with E-state index in [1.165, 1.54) is 12.0 Å². The second kappa shape index (κ2) is 12.0. The second-order valence-electron chi connectivity index (χ2n) is 6.11. The molecule has 1 atom stereocenters. The number of hydrogen-bond donors (Lipinski definition) is 1. The summed E-state index contributed by atoms with van der Waals surface area (Å²) in [6.45, 7) is 17.8. The fraction of sp³-hybridized carbons (Fsp3) is 0.550. The van der Waals surface area contributed by atoms with Gasteiger partial charge in [-0.05, 0) is 55.2 Å². The first-order valence-corrected chi connectivity index (χ1v) is 8.31. The van der Waals surface area contributed by atoms with Crippen LogP contribution in [0, 0.1) is 11.8 Å². The number of nitrogens with one attached hydrogen (secondary N) is 1. The van der Waals surface area contributed by atoms with Gasteiger partial charge in [0.2, 0.25) is 0 Å². The summed E-state index contributed by atoms with van der Waals surface area (Å²) in [5, 5.41) is 3.31. The zero-order chi connectivity index (χ0) is 17.0. The lowest BCUT2D eigenvalue weighted by molar-refractivity contribution is 0.513. The predicted octanol–water partition coefficient (Wildman–Crippen LogP) is 5.31. The Morgan fingerprint density at radius 3 is 2.45 bits per heavy atom. The van der Waals surface area contributed by atoms with Crippen molar-refractivity contribution in [2.24, 2.45) is 16.8 Å². The number of aliphatic imine (C=N–C) groups is 1. The summed E-state index contributed by atoms with van der Waals surface area (Å²) in [5.41, 5.74) is 3.53. The van der Waals surface area contributed by atoms with E-state index in [1.54, 1.807) is 13.3 Å². The van der Waals surface area contributed by atoms with Crippen LogP contribution in [-0.2, 0) is 0 Å². The Kier molecular flexibility index (Phi) is 11.2. The van der Waals surface area contributed by atoms with Gasteiger partial charge in [-0.2, -0.15) is 0 Å². The molecule has 1 unspecified atom stereocenters. The van der Waals surface area contributed by atoms with Gasteiger partial charge in [-0.3, -0.25) is 4.99 Å². The van der Waals surface area contributed by atoms with Crippen molar-refractivity contribution in [3.8, 4) is 0 Å². The SMILES string of the molecule is C=C(C)NCCCC(CC)/C(=C/C(C)C)C(=C)/C=C\C=NC. The monoisotopic (exact) mass is 302 g/mol. The molecule has 0 aromatic rings. The molecule has 0 rings (SSSR count). The van der Waals surface area contributed by atoms with Gasteiger partial charge >= 0.3 is 0 Å².